The number of carbonyl (C=O) groups is 2. The number of allylic oxidation sites excluding steroid dienone is 1. The number of hydrogen-bond donors (Lipinski definition) is 1. The van der Waals surface area contributed by atoms with Crippen LogP contribution in [0.2, 0.25) is 0 Å². The van der Waals surface area contributed by atoms with Crippen molar-refractivity contribution >= 4 is 11.8 Å². The molecule has 1 aliphatic heterocycles. The molecule has 0 unspecified atom stereocenters. The fourth-order valence-electron chi connectivity index (χ4n) is 6.13. The third kappa shape index (κ3) is 1.93. The van der Waals surface area contributed by atoms with Gasteiger partial charge >= 0.3 is 5.97 Å². The topological polar surface area (TPSA) is 72.8 Å². The molecule has 6 atom stereocenters. The second-order valence-electron chi connectivity index (χ2n) is 9.09. The molecule has 2 fully saturated rings. The number of hydrogen-bond acceptors (Lipinski definition) is 5. The molecule has 0 radical (unpaired) electrons. The maximum Gasteiger partial charge on any atom is 0.334 e. The Balaban J connectivity index is 1.99. The summed E-state index contributed by atoms with van der Waals surface area (Å²) in [5, 5.41) is 11.7. The van der Waals surface area contributed by atoms with Gasteiger partial charge in [0.2, 0.25) is 0 Å². The van der Waals surface area contributed by atoms with Crippen LogP contribution in [-0.2, 0) is 19.1 Å². The predicted molar refractivity (Wildman–Crippen MR) is 94.9 cm³/mol. The van der Waals surface area contributed by atoms with E-state index in [-0.39, 0.29) is 30.0 Å². The third-order valence-corrected chi connectivity index (χ3v) is 7.42. The van der Waals surface area contributed by atoms with E-state index in [0.717, 1.165) is 12.8 Å². The van der Waals surface area contributed by atoms with Gasteiger partial charge in [-0.15, -0.1) is 0 Å². The van der Waals surface area contributed by atoms with E-state index in [1.807, 2.05) is 33.8 Å². The molecule has 3 aliphatic carbocycles. The van der Waals surface area contributed by atoms with Crippen molar-refractivity contribution < 1.29 is 24.2 Å². The summed E-state index contributed by atoms with van der Waals surface area (Å²) < 4.78 is 11.4. The average Bonchev–Trinajstić information content (AvgIpc) is 2.72. The number of methoxy groups -OCH3 is 1. The normalized spacial score (nSPS) is 46.6. The number of rotatable bonds is 2. The first-order valence-corrected chi connectivity index (χ1v) is 9.55. The van der Waals surface area contributed by atoms with E-state index in [0.29, 0.717) is 5.57 Å². The lowest BCUT2D eigenvalue weighted by Crippen LogP contribution is -2.62. The smallest absolute Gasteiger partial charge is 0.334 e. The molecule has 142 valence electrons. The Morgan fingerprint density at radius 1 is 1.38 bits per heavy atom. The van der Waals surface area contributed by atoms with Crippen molar-refractivity contribution in [2.45, 2.75) is 58.3 Å². The largest absolute Gasteiger partial charge is 0.466 e. The first-order chi connectivity index (χ1) is 12.1. The van der Waals surface area contributed by atoms with E-state index in [1.54, 1.807) is 6.08 Å². The summed E-state index contributed by atoms with van der Waals surface area (Å²) in [6.07, 6.45) is 5.84. The molecule has 1 saturated carbocycles. The second-order valence-corrected chi connectivity index (χ2v) is 9.09. The Labute approximate surface area is 154 Å². The van der Waals surface area contributed by atoms with Crippen LogP contribution in [-0.4, -0.2) is 35.4 Å². The minimum absolute atomic E-state index is 0.0285. The summed E-state index contributed by atoms with van der Waals surface area (Å²) in [5.74, 6) is -2.89. The molecule has 2 bridgehead atoms. The van der Waals surface area contributed by atoms with Crippen LogP contribution in [0.1, 0.15) is 47.0 Å². The number of carbonyl (C=O) groups excluding carboxylic acids is 2. The van der Waals surface area contributed by atoms with Crippen LogP contribution in [0.25, 0.3) is 0 Å². The standard InChI is InChI=1S/C21H28O5/c1-11(2)13-10-21(24)19(4)15-7-6-12(3)8-20(15,26-21)9-14(18(23)25-5)16(19)17(13)22/h8-9,11,13,15-16,24H,6-7,10H2,1-5H3/t13-,15-,16-,19-,20-,21+/m0/s1. The maximum absolute atomic E-state index is 13.4. The second kappa shape index (κ2) is 5.29. The summed E-state index contributed by atoms with van der Waals surface area (Å²) >= 11 is 0. The number of aliphatic hydroxyl groups is 1. The SMILES string of the molecule is COC(=O)C1=C[C@@]23C=C(C)CC[C@H]2[C@@]2(C)[C@@H]1C(=O)[C@H](C(C)C)C[C@@]2(O)O3. The number of ether oxygens (including phenoxy) is 2. The lowest BCUT2D eigenvalue weighted by Gasteiger charge is -2.53. The van der Waals surface area contributed by atoms with Gasteiger partial charge in [0.05, 0.1) is 13.0 Å². The van der Waals surface area contributed by atoms with Crippen molar-refractivity contribution in [1.29, 1.82) is 0 Å². The molecule has 0 aromatic heterocycles. The quantitative estimate of drug-likeness (QED) is 0.605. The highest BCUT2D eigenvalue weighted by molar-refractivity contribution is 6.01. The zero-order chi connectivity index (χ0) is 19.1. The van der Waals surface area contributed by atoms with Gasteiger partial charge in [-0.25, -0.2) is 4.79 Å². The van der Waals surface area contributed by atoms with E-state index >= 15 is 0 Å². The fraction of sp³-hybridized carbons (Fsp3) is 0.714. The minimum Gasteiger partial charge on any atom is -0.466 e. The molecule has 5 heteroatoms. The van der Waals surface area contributed by atoms with Crippen LogP contribution in [0.3, 0.4) is 0 Å². The van der Waals surface area contributed by atoms with Crippen molar-refractivity contribution in [2.24, 2.45) is 29.1 Å². The maximum atomic E-state index is 13.4. The Morgan fingerprint density at radius 2 is 2.08 bits per heavy atom. The molecular weight excluding hydrogens is 332 g/mol. The van der Waals surface area contributed by atoms with Crippen molar-refractivity contribution in [3.05, 3.63) is 23.3 Å². The van der Waals surface area contributed by atoms with Crippen LogP contribution < -0.4 is 0 Å². The Morgan fingerprint density at radius 3 is 2.69 bits per heavy atom. The summed E-state index contributed by atoms with van der Waals surface area (Å²) in [7, 11) is 1.33. The van der Waals surface area contributed by atoms with E-state index in [2.05, 4.69) is 0 Å². The third-order valence-electron chi connectivity index (χ3n) is 7.42. The zero-order valence-corrected chi connectivity index (χ0v) is 16.2. The highest BCUT2D eigenvalue weighted by atomic mass is 16.7. The van der Waals surface area contributed by atoms with Crippen LogP contribution in [0.4, 0.5) is 0 Å². The van der Waals surface area contributed by atoms with E-state index in [4.69, 9.17) is 9.47 Å². The predicted octanol–water partition coefficient (Wildman–Crippen LogP) is 2.78. The van der Waals surface area contributed by atoms with Gasteiger partial charge < -0.3 is 14.6 Å². The number of esters is 1. The lowest BCUT2D eigenvalue weighted by molar-refractivity contribution is -0.267. The average molecular weight is 360 g/mol. The van der Waals surface area contributed by atoms with Gasteiger partial charge in [0, 0.05) is 29.2 Å². The summed E-state index contributed by atoms with van der Waals surface area (Å²) in [6.45, 7) is 7.94. The molecule has 0 spiro atoms. The van der Waals surface area contributed by atoms with Gasteiger partial charge in [0.25, 0.3) is 0 Å². The lowest BCUT2D eigenvalue weighted by atomic mass is 9.47. The Hall–Kier alpha value is -1.46. The number of Topliss-reactive ketones (excluding diaryl/α,β-unsaturated/α-hetero) is 1. The summed E-state index contributed by atoms with van der Waals surface area (Å²) in [5.41, 5.74) is -0.135. The summed E-state index contributed by atoms with van der Waals surface area (Å²) in [4.78, 5) is 26.1. The number of ketones is 1. The van der Waals surface area contributed by atoms with E-state index < -0.39 is 28.7 Å². The molecule has 1 heterocycles. The Kier molecular flexibility index (Phi) is 3.65. The van der Waals surface area contributed by atoms with E-state index in [1.165, 1.54) is 12.7 Å². The van der Waals surface area contributed by atoms with Crippen molar-refractivity contribution in [3.8, 4) is 0 Å². The van der Waals surface area contributed by atoms with Crippen LogP contribution in [0, 0.1) is 29.1 Å². The molecule has 0 amide bonds. The van der Waals surface area contributed by atoms with E-state index in [9.17, 15) is 14.7 Å². The van der Waals surface area contributed by atoms with Gasteiger partial charge in [-0.3, -0.25) is 4.79 Å². The van der Waals surface area contributed by atoms with Gasteiger partial charge in [-0.05, 0) is 37.8 Å². The molecule has 26 heavy (non-hydrogen) atoms. The minimum atomic E-state index is -1.43. The summed E-state index contributed by atoms with van der Waals surface area (Å²) in [6, 6.07) is 0. The van der Waals surface area contributed by atoms with Crippen molar-refractivity contribution in [2.75, 3.05) is 7.11 Å². The molecule has 0 aromatic carbocycles. The molecule has 0 aromatic rings. The van der Waals surface area contributed by atoms with Gasteiger partial charge in [-0.2, -0.15) is 0 Å². The van der Waals surface area contributed by atoms with Crippen LogP contribution in [0.5, 0.6) is 0 Å². The monoisotopic (exact) mass is 360 g/mol. The molecular formula is C21H28O5. The first-order valence-electron chi connectivity index (χ1n) is 9.55. The first kappa shape index (κ1) is 17.9. The molecule has 4 rings (SSSR count). The molecule has 5 nitrogen and oxygen atoms in total. The van der Waals surface area contributed by atoms with Gasteiger partial charge in [0.1, 0.15) is 11.4 Å². The zero-order valence-electron chi connectivity index (χ0n) is 16.2. The Bertz CT molecular complexity index is 750. The highest BCUT2D eigenvalue weighted by Crippen LogP contribution is 2.70. The van der Waals surface area contributed by atoms with Gasteiger partial charge in [0.15, 0.2) is 5.79 Å². The molecule has 1 N–H and O–H groups in total. The van der Waals surface area contributed by atoms with Gasteiger partial charge in [-0.1, -0.05) is 26.3 Å². The highest BCUT2D eigenvalue weighted by Gasteiger charge is 2.77. The molecule has 4 aliphatic rings. The molecule has 1 saturated heterocycles. The van der Waals surface area contributed by atoms with Crippen LogP contribution in [0.15, 0.2) is 23.3 Å². The fourth-order valence-corrected chi connectivity index (χ4v) is 6.13. The van der Waals surface area contributed by atoms with Crippen molar-refractivity contribution in [3.63, 3.8) is 0 Å². The van der Waals surface area contributed by atoms with Crippen LogP contribution >= 0.6 is 0 Å². The van der Waals surface area contributed by atoms with Crippen molar-refractivity contribution in [1.82, 2.24) is 0 Å².